The summed E-state index contributed by atoms with van der Waals surface area (Å²) in [4.78, 5) is 4.75. The van der Waals surface area contributed by atoms with Gasteiger partial charge in [-0.15, -0.1) is 0 Å². The van der Waals surface area contributed by atoms with E-state index in [2.05, 4.69) is 46.6 Å². The van der Waals surface area contributed by atoms with Crippen molar-refractivity contribution in [1.82, 2.24) is 9.80 Å². The molecule has 1 aromatic rings. The highest BCUT2D eigenvalue weighted by Crippen LogP contribution is 2.27. The van der Waals surface area contributed by atoms with Crippen molar-refractivity contribution in [3.63, 3.8) is 0 Å². The Morgan fingerprint density at radius 1 is 1.35 bits per heavy atom. The molecule has 1 fully saturated rings. The summed E-state index contributed by atoms with van der Waals surface area (Å²) in [5, 5.41) is 0. The van der Waals surface area contributed by atoms with Gasteiger partial charge < -0.3 is 5.73 Å². The summed E-state index contributed by atoms with van der Waals surface area (Å²) in [6, 6.07) is 6.35. The standard InChI is InChI=1S/C15H23BrFN3/c1-10-8-20(9-11(2)19(10)3)15(7-18)12-4-5-13(16)14(17)6-12/h4-6,10-11,15H,7-9,18H2,1-3H3. The molecule has 0 spiro atoms. The first-order chi connectivity index (χ1) is 9.43. The number of halogens is 2. The van der Waals surface area contributed by atoms with Crippen LogP contribution in [-0.2, 0) is 0 Å². The molecule has 0 saturated carbocycles. The Labute approximate surface area is 129 Å². The lowest BCUT2D eigenvalue weighted by atomic mass is 10.0. The van der Waals surface area contributed by atoms with Gasteiger partial charge >= 0.3 is 0 Å². The van der Waals surface area contributed by atoms with Crippen LogP contribution in [0, 0.1) is 5.82 Å². The highest BCUT2D eigenvalue weighted by Gasteiger charge is 2.31. The lowest BCUT2D eigenvalue weighted by molar-refractivity contribution is 0.0351. The van der Waals surface area contributed by atoms with Crippen LogP contribution in [0.15, 0.2) is 22.7 Å². The number of hydrogen-bond donors (Lipinski definition) is 1. The summed E-state index contributed by atoms with van der Waals surface area (Å²) in [6.07, 6.45) is 0. The van der Waals surface area contributed by atoms with Crippen molar-refractivity contribution in [1.29, 1.82) is 0 Å². The van der Waals surface area contributed by atoms with Crippen molar-refractivity contribution >= 4 is 15.9 Å². The van der Waals surface area contributed by atoms with Gasteiger partial charge in [-0.2, -0.15) is 0 Å². The molecular formula is C15H23BrFN3. The van der Waals surface area contributed by atoms with Crippen molar-refractivity contribution in [2.45, 2.75) is 32.0 Å². The predicted molar refractivity (Wildman–Crippen MR) is 84.2 cm³/mol. The van der Waals surface area contributed by atoms with Crippen LogP contribution in [-0.4, -0.2) is 48.6 Å². The highest BCUT2D eigenvalue weighted by molar-refractivity contribution is 9.10. The summed E-state index contributed by atoms with van der Waals surface area (Å²) in [7, 11) is 2.16. The van der Waals surface area contributed by atoms with Gasteiger partial charge in [0, 0.05) is 37.8 Å². The number of nitrogens with zero attached hydrogens (tertiary/aromatic N) is 2. The third-order valence-electron chi connectivity index (χ3n) is 4.38. The van der Waals surface area contributed by atoms with Crippen molar-refractivity contribution in [3.8, 4) is 0 Å². The van der Waals surface area contributed by atoms with Crippen LogP contribution in [0.5, 0.6) is 0 Å². The van der Waals surface area contributed by atoms with Crippen LogP contribution in [0.2, 0.25) is 0 Å². The fourth-order valence-corrected chi connectivity index (χ4v) is 3.16. The molecule has 2 rings (SSSR count). The fraction of sp³-hybridized carbons (Fsp3) is 0.600. The highest BCUT2D eigenvalue weighted by atomic mass is 79.9. The molecular weight excluding hydrogens is 321 g/mol. The summed E-state index contributed by atoms with van der Waals surface area (Å²) in [5.41, 5.74) is 6.92. The van der Waals surface area contributed by atoms with E-state index in [-0.39, 0.29) is 11.9 Å². The molecule has 0 aliphatic carbocycles. The van der Waals surface area contributed by atoms with Gasteiger partial charge in [0.2, 0.25) is 0 Å². The Kier molecular flexibility index (Phi) is 5.18. The zero-order valence-electron chi connectivity index (χ0n) is 12.3. The Balaban J connectivity index is 2.21. The number of rotatable bonds is 3. The quantitative estimate of drug-likeness (QED) is 0.915. The number of hydrogen-bond acceptors (Lipinski definition) is 3. The van der Waals surface area contributed by atoms with Gasteiger partial charge in [-0.1, -0.05) is 6.07 Å². The minimum atomic E-state index is -0.226. The summed E-state index contributed by atoms with van der Waals surface area (Å²) >= 11 is 3.20. The van der Waals surface area contributed by atoms with E-state index in [9.17, 15) is 4.39 Å². The summed E-state index contributed by atoms with van der Waals surface area (Å²) in [5.74, 6) is -0.226. The number of nitrogens with two attached hydrogens (primary N) is 1. The number of likely N-dealkylation sites (N-methyl/N-ethyl adjacent to an activating group) is 1. The van der Waals surface area contributed by atoms with Crippen LogP contribution in [0.1, 0.15) is 25.5 Å². The Morgan fingerprint density at radius 3 is 2.45 bits per heavy atom. The first-order valence-electron chi connectivity index (χ1n) is 7.05. The lowest BCUT2D eigenvalue weighted by Crippen LogP contribution is -2.56. The van der Waals surface area contributed by atoms with Crippen molar-refractivity contribution < 1.29 is 4.39 Å². The van der Waals surface area contributed by atoms with Crippen LogP contribution in [0.4, 0.5) is 4.39 Å². The maximum atomic E-state index is 13.7. The van der Waals surface area contributed by atoms with Crippen molar-refractivity contribution in [3.05, 3.63) is 34.1 Å². The van der Waals surface area contributed by atoms with Crippen LogP contribution in [0.3, 0.4) is 0 Å². The topological polar surface area (TPSA) is 32.5 Å². The maximum Gasteiger partial charge on any atom is 0.137 e. The number of piperazine rings is 1. The Hall–Kier alpha value is -0.490. The average molecular weight is 344 g/mol. The normalized spacial score (nSPS) is 26.7. The minimum absolute atomic E-state index is 0.0798. The molecule has 2 N–H and O–H groups in total. The second kappa shape index (κ2) is 6.52. The van der Waals surface area contributed by atoms with Crippen LogP contribution in [0.25, 0.3) is 0 Å². The molecule has 0 radical (unpaired) electrons. The van der Waals surface area contributed by atoms with Gasteiger partial charge in [-0.25, -0.2) is 4.39 Å². The zero-order chi connectivity index (χ0) is 14.9. The monoisotopic (exact) mass is 343 g/mol. The van der Waals surface area contributed by atoms with Gasteiger partial charge in [0.25, 0.3) is 0 Å². The third kappa shape index (κ3) is 3.22. The Bertz CT molecular complexity index is 456. The van der Waals surface area contributed by atoms with E-state index in [0.29, 0.717) is 23.1 Å². The van der Waals surface area contributed by atoms with Crippen LogP contribution < -0.4 is 5.73 Å². The molecule has 1 aliphatic heterocycles. The van der Waals surface area contributed by atoms with E-state index in [1.165, 1.54) is 0 Å². The first-order valence-corrected chi connectivity index (χ1v) is 7.84. The molecule has 1 aliphatic rings. The molecule has 0 amide bonds. The van der Waals surface area contributed by atoms with E-state index >= 15 is 0 Å². The van der Waals surface area contributed by atoms with E-state index in [1.54, 1.807) is 12.1 Å². The van der Waals surface area contributed by atoms with Gasteiger partial charge in [-0.3, -0.25) is 9.80 Å². The maximum absolute atomic E-state index is 13.7. The first kappa shape index (κ1) is 15.9. The van der Waals surface area contributed by atoms with Gasteiger partial charge in [0.15, 0.2) is 0 Å². The Morgan fingerprint density at radius 2 is 1.95 bits per heavy atom. The minimum Gasteiger partial charge on any atom is -0.329 e. The molecule has 5 heteroatoms. The lowest BCUT2D eigenvalue weighted by Gasteiger charge is -2.45. The van der Waals surface area contributed by atoms with Crippen molar-refractivity contribution in [2.24, 2.45) is 5.73 Å². The van der Waals surface area contributed by atoms with E-state index in [4.69, 9.17) is 5.73 Å². The second-order valence-electron chi connectivity index (χ2n) is 5.74. The molecule has 1 heterocycles. The predicted octanol–water partition coefficient (Wildman–Crippen LogP) is 2.61. The van der Waals surface area contributed by atoms with E-state index in [1.807, 2.05) is 6.07 Å². The van der Waals surface area contributed by atoms with Gasteiger partial charge in [0.05, 0.1) is 4.47 Å². The van der Waals surface area contributed by atoms with Crippen LogP contribution >= 0.6 is 15.9 Å². The fourth-order valence-electron chi connectivity index (χ4n) is 2.92. The van der Waals surface area contributed by atoms with E-state index in [0.717, 1.165) is 18.7 Å². The molecule has 3 unspecified atom stereocenters. The summed E-state index contributed by atoms with van der Waals surface area (Å²) < 4.78 is 14.2. The largest absolute Gasteiger partial charge is 0.329 e. The zero-order valence-corrected chi connectivity index (χ0v) is 13.9. The molecule has 3 atom stereocenters. The van der Waals surface area contributed by atoms with Crippen molar-refractivity contribution in [2.75, 3.05) is 26.7 Å². The average Bonchev–Trinajstić information content (AvgIpc) is 2.41. The smallest absolute Gasteiger partial charge is 0.137 e. The van der Waals surface area contributed by atoms with Gasteiger partial charge in [-0.05, 0) is 54.5 Å². The molecule has 0 aromatic heterocycles. The van der Waals surface area contributed by atoms with Gasteiger partial charge in [0.1, 0.15) is 5.82 Å². The summed E-state index contributed by atoms with van der Waals surface area (Å²) in [6.45, 7) is 6.86. The SMILES string of the molecule is CC1CN(C(CN)c2ccc(Br)c(F)c2)CC(C)N1C. The molecule has 3 nitrogen and oxygen atoms in total. The van der Waals surface area contributed by atoms with E-state index < -0.39 is 0 Å². The molecule has 0 bridgehead atoms. The molecule has 1 aromatic carbocycles. The third-order valence-corrected chi connectivity index (χ3v) is 5.02. The molecule has 112 valence electrons. The number of benzene rings is 1. The molecule has 20 heavy (non-hydrogen) atoms. The molecule has 1 saturated heterocycles. The second-order valence-corrected chi connectivity index (χ2v) is 6.60.